The number of aryl methyl sites for hydroxylation is 1. The van der Waals surface area contributed by atoms with E-state index in [1.165, 1.54) is 5.56 Å². The molecule has 0 aromatic carbocycles. The van der Waals surface area contributed by atoms with Crippen molar-refractivity contribution in [3.63, 3.8) is 0 Å². The van der Waals surface area contributed by atoms with E-state index >= 15 is 0 Å². The van der Waals surface area contributed by atoms with Gasteiger partial charge in [-0.25, -0.2) is 0 Å². The van der Waals surface area contributed by atoms with E-state index in [1.54, 1.807) is 22.7 Å². The average molecular weight is 368 g/mol. The van der Waals surface area contributed by atoms with Gasteiger partial charge in [0.15, 0.2) is 0 Å². The van der Waals surface area contributed by atoms with Gasteiger partial charge in [-0.3, -0.25) is 0 Å². The number of aliphatic hydroxyl groups excluding tert-OH is 1. The SMILES string of the molecule is Cc1cc(C(O)c2sccc2Br)sc1Br. The van der Waals surface area contributed by atoms with Crippen molar-refractivity contribution >= 4 is 54.5 Å². The van der Waals surface area contributed by atoms with Gasteiger partial charge in [0.05, 0.1) is 8.66 Å². The standard InChI is InChI=1S/C10H8Br2OS2/c1-5-4-7(15-10(5)12)8(13)9-6(11)2-3-14-9/h2-4,8,13H,1H3. The Morgan fingerprint density at radius 2 is 2.13 bits per heavy atom. The second-order valence-corrected chi connectivity index (χ2v) is 7.34. The fourth-order valence-corrected chi connectivity index (χ4v) is 4.48. The molecule has 0 fully saturated rings. The van der Waals surface area contributed by atoms with Crippen LogP contribution in [0.1, 0.15) is 21.4 Å². The lowest BCUT2D eigenvalue weighted by Gasteiger charge is -2.06. The van der Waals surface area contributed by atoms with Crippen molar-refractivity contribution in [3.05, 3.63) is 41.1 Å². The van der Waals surface area contributed by atoms with Crippen molar-refractivity contribution in [2.75, 3.05) is 0 Å². The summed E-state index contributed by atoms with van der Waals surface area (Å²) < 4.78 is 2.06. The van der Waals surface area contributed by atoms with E-state index < -0.39 is 6.10 Å². The quantitative estimate of drug-likeness (QED) is 0.813. The molecule has 0 saturated carbocycles. The molecule has 1 nitrogen and oxygen atoms in total. The Labute approximate surface area is 113 Å². The molecule has 5 heteroatoms. The zero-order valence-electron chi connectivity index (χ0n) is 7.83. The second kappa shape index (κ2) is 4.67. The van der Waals surface area contributed by atoms with Gasteiger partial charge in [-0.15, -0.1) is 22.7 Å². The Morgan fingerprint density at radius 1 is 1.40 bits per heavy atom. The van der Waals surface area contributed by atoms with Crippen LogP contribution < -0.4 is 0 Å². The highest BCUT2D eigenvalue weighted by Gasteiger charge is 2.17. The zero-order chi connectivity index (χ0) is 11.0. The normalized spacial score (nSPS) is 13.1. The summed E-state index contributed by atoms with van der Waals surface area (Å²) in [5, 5.41) is 12.1. The lowest BCUT2D eigenvalue weighted by molar-refractivity contribution is 0.227. The highest BCUT2D eigenvalue weighted by atomic mass is 79.9. The van der Waals surface area contributed by atoms with Crippen molar-refractivity contribution in [2.24, 2.45) is 0 Å². The number of hydrogen-bond acceptors (Lipinski definition) is 3. The van der Waals surface area contributed by atoms with Gasteiger partial charge in [-0.1, -0.05) is 0 Å². The third kappa shape index (κ3) is 2.36. The van der Waals surface area contributed by atoms with Crippen LogP contribution in [0.15, 0.2) is 25.8 Å². The van der Waals surface area contributed by atoms with Gasteiger partial charge in [-0.2, -0.15) is 0 Å². The molecule has 0 radical (unpaired) electrons. The molecule has 1 N–H and O–H groups in total. The van der Waals surface area contributed by atoms with Gasteiger partial charge in [0.25, 0.3) is 0 Å². The molecule has 15 heavy (non-hydrogen) atoms. The van der Waals surface area contributed by atoms with E-state index in [0.717, 1.165) is 18.0 Å². The van der Waals surface area contributed by atoms with E-state index in [0.29, 0.717) is 0 Å². The number of thiophene rings is 2. The van der Waals surface area contributed by atoms with Crippen LogP contribution in [0.4, 0.5) is 0 Å². The molecule has 1 unspecified atom stereocenters. The van der Waals surface area contributed by atoms with Crippen LogP contribution in [-0.2, 0) is 0 Å². The maximum absolute atomic E-state index is 10.2. The van der Waals surface area contributed by atoms with Crippen molar-refractivity contribution < 1.29 is 5.11 Å². The smallest absolute Gasteiger partial charge is 0.123 e. The first-order valence-electron chi connectivity index (χ1n) is 4.26. The largest absolute Gasteiger partial charge is 0.382 e. The zero-order valence-corrected chi connectivity index (χ0v) is 12.6. The first-order chi connectivity index (χ1) is 7.09. The van der Waals surface area contributed by atoms with Crippen molar-refractivity contribution in [2.45, 2.75) is 13.0 Å². The molecule has 0 amide bonds. The second-order valence-electron chi connectivity index (χ2n) is 3.14. The number of rotatable bonds is 2. The summed E-state index contributed by atoms with van der Waals surface area (Å²) in [6, 6.07) is 3.98. The molecule has 0 saturated heterocycles. The van der Waals surface area contributed by atoms with Crippen LogP contribution in [0.3, 0.4) is 0 Å². The molecule has 2 aromatic heterocycles. The summed E-state index contributed by atoms with van der Waals surface area (Å²) in [4.78, 5) is 1.94. The van der Waals surface area contributed by atoms with E-state index in [-0.39, 0.29) is 0 Å². The van der Waals surface area contributed by atoms with Crippen LogP contribution in [-0.4, -0.2) is 5.11 Å². The fraction of sp³-hybridized carbons (Fsp3) is 0.200. The lowest BCUT2D eigenvalue weighted by Crippen LogP contribution is -1.94. The van der Waals surface area contributed by atoms with Crippen LogP contribution in [0.5, 0.6) is 0 Å². The lowest BCUT2D eigenvalue weighted by atomic mass is 10.2. The molecule has 1 atom stereocenters. The number of hydrogen-bond donors (Lipinski definition) is 1. The summed E-state index contributed by atoms with van der Waals surface area (Å²) in [5.74, 6) is 0. The average Bonchev–Trinajstić information content (AvgIpc) is 2.74. The maximum Gasteiger partial charge on any atom is 0.123 e. The molecule has 0 aliphatic rings. The molecule has 0 bridgehead atoms. The first-order valence-corrected chi connectivity index (χ1v) is 7.54. The van der Waals surface area contributed by atoms with Crippen LogP contribution in [0, 0.1) is 6.92 Å². The summed E-state index contributed by atoms with van der Waals surface area (Å²) in [7, 11) is 0. The minimum absolute atomic E-state index is 0.519. The fourth-order valence-electron chi connectivity index (χ4n) is 1.25. The third-order valence-corrected chi connectivity index (χ3v) is 6.15. The van der Waals surface area contributed by atoms with Crippen LogP contribution >= 0.6 is 54.5 Å². The Kier molecular flexibility index (Phi) is 3.67. The van der Waals surface area contributed by atoms with Gasteiger partial charge < -0.3 is 5.11 Å². The maximum atomic E-state index is 10.2. The molecule has 0 aliphatic carbocycles. The number of aliphatic hydroxyl groups is 1. The minimum atomic E-state index is -0.519. The topological polar surface area (TPSA) is 20.2 Å². The number of halogens is 2. The van der Waals surface area contributed by atoms with E-state index in [9.17, 15) is 5.11 Å². The van der Waals surface area contributed by atoms with Gasteiger partial charge in [-0.05, 0) is 61.9 Å². The predicted molar refractivity (Wildman–Crippen MR) is 72.8 cm³/mol. The molecule has 2 aromatic rings. The monoisotopic (exact) mass is 366 g/mol. The first kappa shape index (κ1) is 11.8. The molecular weight excluding hydrogens is 360 g/mol. The van der Waals surface area contributed by atoms with Crippen LogP contribution in [0.2, 0.25) is 0 Å². The molecule has 0 spiro atoms. The Morgan fingerprint density at radius 3 is 2.60 bits per heavy atom. The highest BCUT2D eigenvalue weighted by Crippen LogP contribution is 2.38. The predicted octanol–water partition coefficient (Wildman–Crippen LogP) is 4.72. The molecule has 2 rings (SSSR count). The highest BCUT2D eigenvalue weighted by molar-refractivity contribution is 9.11. The van der Waals surface area contributed by atoms with Crippen molar-refractivity contribution in [3.8, 4) is 0 Å². The Hall–Kier alpha value is 0.320. The molecular formula is C10H8Br2OS2. The minimum Gasteiger partial charge on any atom is -0.382 e. The summed E-state index contributed by atoms with van der Waals surface area (Å²) in [6.45, 7) is 2.03. The summed E-state index contributed by atoms with van der Waals surface area (Å²) in [6.07, 6.45) is -0.519. The van der Waals surface area contributed by atoms with Gasteiger partial charge in [0.2, 0.25) is 0 Å². The summed E-state index contributed by atoms with van der Waals surface area (Å²) in [5.41, 5.74) is 1.17. The summed E-state index contributed by atoms with van der Waals surface area (Å²) >= 11 is 10.0. The Balaban J connectivity index is 2.36. The van der Waals surface area contributed by atoms with Crippen LogP contribution in [0.25, 0.3) is 0 Å². The third-order valence-electron chi connectivity index (χ3n) is 2.04. The van der Waals surface area contributed by atoms with Crippen molar-refractivity contribution in [1.82, 2.24) is 0 Å². The van der Waals surface area contributed by atoms with E-state index in [4.69, 9.17) is 0 Å². The molecule has 0 aliphatic heterocycles. The van der Waals surface area contributed by atoms with E-state index in [1.807, 2.05) is 24.4 Å². The molecule has 80 valence electrons. The van der Waals surface area contributed by atoms with Gasteiger partial charge >= 0.3 is 0 Å². The molecule has 2 heterocycles. The van der Waals surface area contributed by atoms with Gasteiger partial charge in [0, 0.05) is 9.35 Å². The van der Waals surface area contributed by atoms with Crippen molar-refractivity contribution in [1.29, 1.82) is 0 Å². The Bertz CT molecular complexity index is 456. The van der Waals surface area contributed by atoms with Gasteiger partial charge in [0.1, 0.15) is 6.10 Å². The van der Waals surface area contributed by atoms with E-state index in [2.05, 4.69) is 31.9 Å².